The molecule has 6 rings (SSSR count). The molecule has 5 saturated heterocycles. The quantitative estimate of drug-likeness (QED) is 0.820. The zero-order valence-electron chi connectivity index (χ0n) is 16.2. The Bertz CT molecular complexity index is 695. The maximum absolute atomic E-state index is 13.5. The minimum absolute atomic E-state index is 0.145. The van der Waals surface area contributed by atoms with E-state index in [1.54, 1.807) is 7.11 Å². The molecule has 5 aliphatic rings. The number of rotatable bonds is 3. The van der Waals surface area contributed by atoms with Gasteiger partial charge in [-0.15, -0.1) is 0 Å². The summed E-state index contributed by atoms with van der Waals surface area (Å²) < 4.78 is 11.2. The molecule has 5 heterocycles. The van der Waals surface area contributed by atoms with Crippen LogP contribution in [0.3, 0.4) is 0 Å². The molecule has 5 heteroatoms. The maximum atomic E-state index is 13.5. The first-order valence-electron chi connectivity index (χ1n) is 10.5. The summed E-state index contributed by atoms with van der Waals surface area (Å²) in [5.41, 5.74) is 1.27. The lowest BCUT2D eigenvalue weighted by molar-refractivity contribution is -0.143. The number of carbonyl (C=O) groups excluding carboxylic acids is 1. The van der Waals surface area contributed by atoms with Crippen LogP contribution < -0.4 is 4.74 Å². The molecule has 0 aromatic heterocycles. The Morgan fingerprint density at radius 1 is 1.07 bits per heavy atom. The normalized spacial score (nSPS) is 35.9. The second kappa shape index (κ2) is 7.10. The highest BCUT2D eigenvalue weighted by Gasteiger charge is 2.55. The molecule has 0 radical (unpaired) electrons. The number of ether oxygens (including phenoxy) is 2. The average Bonchev–Trinajstić information content (AvgIpc) is 3.17. The summed E-state index contributed by atoms with van der Waals surface area (Å²) in [7, 11) is 1.75. The van der Waals surface area contributed by atoms with Gasteiger partial charge in [0.1, 0.15) is 5.75 Å². The molecule has 146 valence electrons. The number of hydrogen-bond donors (Lipinski definition) is 0. The van der Waals surface area contributed by atoms with Crippen LogP contribution in [0.15, 0.2) is 24.3 Å². The standard InChI is InChI=1S/C22H30N2O3/c1-26-19-5-3-2-4-17(19)18-14-24(22(25)16-8-12-27-13-9-16)20-15-6-10-23(11-7-15)21(18)20/h2-5,15-16,18,20-21H,6-14H2,1H3/t18-,20-,21-/m0/s1. The van der Waals surface area contributed by atoms with Crippen molar-refractivity contribution in [3.63, 3.8) is 0 Å². The van der Waals surface area contributed by atoms with Gasteiger partial charge >= 0.3 is 0 Å². The minimum Gasteiger partial charge on any atom is -0.496 e. The van der Waals surface area contributed by atoms with Crippen LogP contribution in [0.4, 0.5) is 0 Å². The molecule has 0 unspecified atom stereocenters. The number of fused-ring (bicyclic) bond motifs is 2. The lowest BCUT2D eigenvalue weighted by Crippen LogP contribution is -2.61. The molecule has 0 N–H and O–H groups in total. The van der Waals surface area contributed by atoms with E-state index in [2.05, 4.69) is 28.0 Å². The molecule has 1 amide bonds. The van der Waals surface area contributed by atoms with E-state index < -0.39 is 0 Å². The van der Waals surface area contributed by atoms with Crippen LogP contribution >= 0.6 is 0 Å². The smallest absolute Gasteiger partial charge is 0.226 e. The van der Waals surface area contributed by atoms with E-state index in [-0.39, 0.29) is 5.92 Å². The Labute approximate surface area is 161 Å². The van der Waals surface area contributed by atoms with Crippen molar-refractivity contribution in [2.75, 3.05) is 40.0 Å². The number of likely N-dealkylation sites (tertiary alicyclic amines) is 1. The van der Waals surface area contributed by atoms with Crippen LogP contribution in [0, 0.1) is 11.8 Å². The van der Waals surface area contributed by atoms with Crippen molar-refractivity contribution in [3.05, 3.63) is 29.8 Å². The molecule has 5 aliphatic heterocycles. The van der Waals surface area contributed by atoms with Crippen molar-refractivity contribution in [2.24, 2.45) is 11.8 Å². The lowest BCUT2D eigenvalue weighted by atomic mass is 9.75. The van der Waals surface area contributed by atoms with Crippen LogP contribution in [0.25, 0.3) is 0 Å². The number of methoxy groups -OCH3 is 1. The third-order valence-electron chi connectivity index (χ3n) is 7.39. The summed E-state index contributed by atoms with van der Waals surface area (Å²) in [4.78, 5) is 18.4. The van der Waals surface area contributed by atoms with Crippen molar-refractivity contribution >= 4 is 5.91 Å². The number of carbonyl (C=O) groups is 1. The Hall–Kier alpha value is -1.59. The van der Waals surface area contributed by atoms with Gasteiger partial charge in [0.15, 0.2) is 0 Å². The van der Waals surface area contributed by atoms with E-state index in [0.717, 1.165) is 38.3 Å². The van der Waals surface area contributed by atoms with Gasteiger partial charge in [0, 0.05) is 43.2 Å². The first-order chi connectivity index (χ1) is 13.3. The van der Waals surface area contributed by atoms with Crippen LogP contribution in [-0.2, 0) is 9.53 Å². The van der Waals surface area contributed by atoms with Gasteiger partial charge in [-0.2, -0.15) is 0 Å². The molecule has 3 atom stereocenters. The monoisotopic (exact) mass is 370 g/mol. The zero-order chi connectivity index (χ0) is 18.4. The van der Waals surface area contributed by atoms with E-state index in [1.165, 1.54) is 31.5 Å². The van der Waals surface area contributed by atoms with Gasteiger partial charge in [-0.05, 0) is 50.8 Å². The molecule has 5 nitrogen and oxygen atoms in total. The van der Waals surface area contributed by atoms with E-state index >= 15 is 0 Å². The summed E-state index contributed by atoms with van der Waals surface area (Å²) in [6.07, 6.45) is 4.22. The van der Waals surface area contributed by atoms with Gasteiger partial charge in [0.25, 0.3) is 0 Å². The molecule has 1 aromatic carbocycles. The summed E-state index contributed by atoms with van der Waals surface area (Å²) in [6, 6.07) is 9.21. The van der Waals surface area contributed by atoms with Crippen LogP contribution in [0.5, 0.6) is 5.75 Å². The van der Waals surface area contributed by atoms with Crippen molar-refractivity contribution in [3.8, 4) is 5.75 Å². The first kappa shape index (κ1) is 17.5. The molecule has 0 aliphatic carbocycles. The predicted octanol–water partition coefficient (Wildman–Crippen LogP) is 2.51. The highest BCUT2D eigenvalue weighted by molar-refractivity contribution is 5.80. The fourth-order valence-electron chi connectivity index (χ4n) is 6.10. The van der Waals surface area contributed by atoms with Gasteiger partial charge in [0.05, 0.1) is 13.2 Å². The molecule has 2 bridgehead atoms. The number of piperidine rings is 3. The largest absolute Gasteiger partial charge is 0.496 e. The second-order valence-electron chi connectivity index (χ2n) is 8.58. The van der Waals surface area contributed by atoms with E-state index in [0.29, 0.717) is 29.8 Å². The molecule has 5 fully saturated rings. The lowest BCUT2D eigenvalue weighted by Gasteiger charge is -2.51. The number of nitrogens with zero attached hydrogens (tertiary/aromatic N) is 2. The Morgan fingerprint density at radius 2 is 1.81 bits per heavy atom. The SMILES string of the molecule is COc1ccccc1[C@@H]1CN(C(=O)C2CCOCC2)[C@H]2C3CCN(CC3)[C@@H]12. The van der Waals surface area contributed by atoms with Crippen LogP contribution in [0.1, 0.15) is 37.2 Å². The van der Waals surface area contributed by atoms with Gasteiger partial charge in [-0.25, -0.2) is 0 Å². The fraction of sp³-hybridized carbons (Fsp3) is 0.682. The maximum Gasteiger partial charge on any atom is 0.226 e. The van der Waals surface area contributed by atoms with E-state index in [9.17, 15) is 4.79 Å². The number of hydrogen-bond acceptors (Lipinski definition) is 4. The minimum atomic E-state index is 0.145. The summed E-state index contributed by atoms with van der Waals surface area (Å²) in [6.45, 7) is 4.64. The van der Waals surface area contributed by atoms with Crippen molar-refractivity contribution in [2.45, 2.75) is 43.7 Å². The van der Waals surface area contributed by atoms with Gasteiger partial charge in [0.2, 0.25) is 5.91 Å². The molecular weight excluding hydrogens is 340 g/mol. The van der Waals surface area contributed by atoms with Gasteiger partial charge in [-0.3, -0.25) is 9.69 Å². The first-order valence-corrected chi connectivity index (χ1v) is 10.5. The molecular formula is C22H30N2O3. The highest BCUT2D eigenvalue weighted by Crippen LogP contribution is 2.48. The van der Waals surface area contributed by atoms with E-state index in [4.69, 9.17) is 9.47 Å². The van der Waals surface area contributed by atoms with Crippen LogP contribution in [-0.4, -0.2) is 67.7 Å². The van der Waals surface area contributed by atoms with E-state index in [1.807, 2.05) is 6.07 Å². The summed E-state index contributed by atoms with van der Waals surface area (Å²) >= 11 is 0. The van der Waals surface area contributed by atoms with Crippen LogP contribution in [0.2, 0.25) is 0 Å². The Morgan fingerprint density at radius 3 is 2.56 bits per heavy atom. The topological polar surface area (TPSA) is 42.0 Å². The van der Waals surface area contributed by atoms with Crippen molar-refractivity contribution in [1.29, 1.82) is 0 Å². The predicted molar refractivity (Wildman–Crippen MR) is 103 cm³/mol. The molecule has 0 spiro atoms. The fourth-order valence-corrected chi connectivity index (χ4v) is 6.10. The number of benzene rings is 1. The second-order valence-corrected chi connectivity index (χ2v) is 8.58. The van der Waals surface area contributed by atoms with Gasteiger partial charge in [-0.1, -0.05) is 18.2 Å². The zero-order valence-corrected chi connectivity index (χ0v) is 16.2. The van der Waals surface area contributed by atoms with Crippen molar-refractivity contribution < 1.29 is 14.3 Å². The number of amides is 1. The third-order valence-corrected chi connectivity index (χ3v) is 7.39. The van der Waals surface area contributed by atoms with Gasteiger partial charge < -0.3 is 14.4 Å². The number of para-hydroxylation sites is 1. The third kappa shape index (κ3) is 2.87. The Kier molecular flexibility index (Phi) is 4.60. The molecule has 1 aromatic rings. The van der Waals surface area contributed by atoms with Crippen molar-refractivity contribution in [1.82, 2.24) is 9.80 Å². The highest BCUT2D eigenvalue weighted by atomic mass is 16.5. The summed E-state index contributed by atoms with van der Waals surface area (Å²) in [5.74, 6) is 2.48. The molecule has 0 saturated carbocycles. The summed E-state index contributed by atoms with van der Waals surface area (Å²) in [5, 5.41) is 0. The Balaban J connectivity index is 1.49. The molecule has 27 heavy (non-hydrogen) atoms. The average molecular weight is 370 g/mol.